The first kappa shape index (κ1) is 24.6. The Bertz CT molecular complexity index is 813. The molecule has 0 aliphatic carbocycles. The Morgan fingerprint density at radius 1 is 1.23 bits per heavy atom. The minimum absolute atomic E-state index is 0.148. The van der Waals surface area contributed by atoms with Crippen LogP contribution in [0.5, 0.6) is 0 Å². The number of hydrogen-bond donors (Lipinski definition) is 4. The highest BCUT2D eigenvalue weighted by Crippen LogP contribution is 2.14. The zero-order chi connectivity index (χ0) is 22.7. The number of allylic oxidation sites excluding steroid dienone is 1. The molecule has 30 heavy (non-hydrogen) atoms. The second-order valence-electron chi connectivity index (χ2n) is 6.54. The number of nitrogens with zero attached hydrogens (tertiary/aromatic N) is 2. The SMILES string of the molecule is CCC[C@@H](NC(=O)CNC(=O)/C(C(C)=Nc1ccc(N)nc1)=C(\C)N)C(=O)OCC. The molecular formula is C20H30N6O4. The van der Waals surface area contributed by atoms with Crippen LogP contribution in [0.15, 0.2) is 34.6 Å². The van der Waals surface area contributed by atoms with Crippen LogP contribution in [0.25, 0.3) is 0 Å². The van der Waals surface area contributed by atoms with Gasteiger partial charge in [0.2, 0.25) is 5.91 Å². The minimum atomic E-state index is -0.757. The van der Waals surface area contributed by atoms with Gasteiger partial charge in [0.05, 0.1) is 36.3 Å². The van der Waals surface area contributed by atoms with Crippen molar-refractivity contribution in [1.82, 2.24) is 15.6 Å². The largest absolute Gasteiger partial charge is 0.464 e. The Morgan fingerprint density at radius 2 is 1.93 bits per heavy atom. The van der Waals surface area contributed by atoms with Crippen molar-refractivity contribution >= 4 is 35.0 Å². The number of aliphatic imine (C=N–C) groups is 1. The monoisotopic (exact) mass is 418 g/mol. The number of pyridine rings is 1. The summed E-state index contributed by atoms with van der Waals surface area (Å²) in [6, 6.07) is 2.49. The van der Waals surface area contributed by atoms with Crippen LogP contribution in [-0.4, -0.2) is 47.7 Å². The number of carbonyl (C=O) groups excluding carboxylic acids is 3. The molecular weight excluding hydrogens is 388 g/mol. The number of carbonyl (C=O) groups is 3. The predicted octanol–water partition coefficient (Wildman–Crippen LogP) is 0.953. The van der Waals surface area contributed by atoms with Crippen molar-refractivity contribution in [3.63, 3.8) is 0 Å². The number of nitrogens with one attached hydrogen (secondary N) is 2. The second kappa shape index (κ2) is 12.2. The predicted molar refractivity (Wildman–Crippen MR) is 115 cm³/mol. The third-order valence-electron chi connectivity index (χ3n) is 3.94. The molecule has 0 saturated heterocycles. The lowest BCUT2D eigenvalue weighted by Gasteiger charge is -2.17. The Morgan fingerprint density at radius 3 is 2.47 bits per heavy atom. The highest BCUT2D eigenvalue weighted by Gasteiger charge is 2.22. The molecule has 0 fully saturated rings. The van der Waals surface area contributed by atoms with Crippen LogP contribution in [0.3, 0.4) is 0 Å². The van der Waals surface area contributed by atoms with Crippen molar-refractivity contribution in [3.8, 4) is 0 Å². The van der Waals surface area contributed by atoms with Crippen LogP contribution in [-0.2, 0) is 19.1 Å². The number of esters is 1. The Kier molecular flexibility index (Phi) is 10.0. The van der Waals surface area contributed by atoms with E-state index in [1.165, 1.54) is 6.20 Å². The first-order valence-electron chi connectivity index (χ1n) is 9.67. The molecule has 1 rings (SSSR count). The number of anilines is 1. The molecule has 2 amide bonds. The molecule has 10 nitrogen and oxygen atoms in total. The van der Waals surface area contributed by atoms with Gasteiger partial charge in [-0.15, -0.1) is 0 Å². The van der Waals surface area contributed by atoms with E-state index in [1.54, 1.807) is 32.9 Å². The molecule has 0 spiro atoms. The van der Waals surface area contributed by atoms with Crippen molar-refractivity contribution in [3.05, 3.63) is 29.6 Å². The first-order valence-corrected chi connectivity index (χ1v) is 9.67. The summed E-state index contributed by atoms with van der Waals surface area (Å²) in [5, 5.41) is 5.08. The number of hydrogen-bond acceptors (Lipinski definition) is 8. The van der Waals surface area contributed by atoms with E-state index in [4.69, 9.17) is 16.2 Å². The van der Waals surface area contributed by atoms with E-state index in [1.807, 2.05) is 6.92 Å². The summed E-state index contributed by atoms with van der Waals surface area (Å²) in [7, 11) is 0. The first-order chi connectivity index (χ1) is 14.2. The van der Waals surface area contributed by atoms with Gasteiger partial charge in [-0.2, -0.15) is 0 Å². The fraction of sp³-hybridized carbons (Fsp3) is 0.450. The van der Waals surface area contributed by atoms with Crippen LogP contribution in [0.4, 0.5) is 11.5 Å². The summed E-state index contributed by atoms with van der Waals surface area (Å²) in [5.74, 6) is -1.22. The van der Waals surface area contributed by atoms with Crippen molar-refractivity contribution in [2.75, 3.05) is 18.9 Å². The highest BCUT2D eigenvalue weighted by molar-refractivity contribution is 6.22. The molecule has 0 aliphatic heterocycles. The van der Waals surface area contributed by atoms with Crippen molar-refractivity contribution in [2.24, 2.45) is 10.7 Å². The summed E-state index contributed by atoms with van der Waals surface area (Å²) in [5.41, 5.74) is 12.7. The standard InChI is InChI=1S/C20H30N6O4/c1-5-7-15(20(29)30-6-2)26-17(27)11-24-19(28)18(12(3)21)13(4)25-14-8-9-16(22)23-10-14/h8-10,15H,5-7,11,21H2,1-4H3,(H2,22,23)(H,24,28)(H,26,27)/b18-12+,25-13?/t15-/m1/s1. The molecule has 0 aromatic carbocycles. The molecule has 1 aromatic rings. The lowest BCUT2D eigenvalue weighted by molar-refractivity contribution is -0.147. The third kappa shape index (κ3) is 7.90. The van der Waals surface area contributed by atoms with Crippen LogP contribution in [0.1, 0.15) is 40.5 Å². The minimum Gasteiger partial charge on any atom is -0.464 e. The number of nitrogen functional groups attached to an aromatic ring is 1. The maximum atomic E-state index is 12.6. The molecule has 0 unspecified atom stereocenters. The van der Waals surface area contributed by atoms with Gasteiger partial charge in [0.1, 0.15) is 11.9 Å². The Hall–Kier alpha value is -3.43. The van der Waals surface area contributed by atoms with Crippen molar-refractivity contribution in [2.45, 2.75) is 46.6 Å². The van der Waals surface area contributed by atoms with Crippen LogP contribution < -0.4 is 22.1 Å². The Labute approximate surface area is 176 Å². The summed E-state index contributed by atoms with van der Waals surface area (Å²) in [4.78, 5) is 45.0. The summed E-state index contributed by atoms with van der Waals surface area (Å²) in [6.45, 7) is 6.66. The topological polar surface area (TPSA) is 162 Å². The molecule has 0 aliphatic rings. The van der Waals surface area contributed by atoms with Crippen molar-refractivity contribution in [1.29, 1.82) is 0 Å². The summed E-state index contributed by atoms with van der Waals surface area (Å²) >= 11 is 0. The normalized spacial score (nSPS) is 13.1. The van der Waals surface area contributed by atoms with E-state index in [2.05, 4.69) is 20.6 Å². The van der Waals surface area contributed by atoms with E-state index in [9.17, 15) is 14.4 Å². The lowest BCUT2D eigenvalue weighted by atomic mass is 10.1. The fourth-order valence-electron chi connectivity index (χ4n) is 2.62. The molecule has 6 N–H and O–H groups in total. The van der Waals surface area contributed by atoms with E-state index < -0.39 is 23.8 Å². The molecule has 1 atom stereocenters. The van der Waals surface area contributed by atoms with E-state index in [-0.39, 0.29) is 24.4 Å². The van der Waals surface area contributed by atoms with Crippen LogP contribution in [0, 0.1) is 0 Å². The maximum Gasteiger partial charge on any atom is 0.328 e. The van der Waals surface area contributed by atoms with Gasteiger partial charge < -0.3 is 26.8 Å². The highest BCUT2D eigenvalue weighted by atomic mass is 16.5. The van der Waals surface area contributed by atoms with Gasteiger partial charge in [-0.1, -0.05) is 13.3 Å². The second-order valence-corrected chi connectivity index (χ2v) is 6.54. The molecule has 164 valence electrons. The van der Waals surface area contributed by atoms with E-state index in [0.29, 0.717) is 30.1 Å². The average Bonchev–Trinajstić information content (AvgIpc) is 2.68. The molecule has 10 heteroatoms. The molecule has 0 radical (unpaired) electrons. The van der Waals surface area contributed by atoms with Gasteiger partial charge in [-0.3, -0.25) is 14.6 Å². The Balaban J connectivity index is 2.79. The average molecular weight is 418 g/mol. The zero-order valence-corrected chi connectivity index (χ0v) is 17.8. The van der Waals surface area contributed by atoms with E-state index >= 15 is 0 Å². The van der Waals surface area contributed by atoms with Gasteiger partial charge in [0.25, 0.3) is 5.91 Å². The number of rotatable bonds is 10. The number of ether oxygens (including phenoxy) is 1. The molecule has 1 heterocycles. The number of aromatic nitrogens is 1. The molecule has 1 aromatic heterocycles. The zero-order valence-electron chi connectivity index (χ0n) is 17.8. The van der Waals surface area contributed by atoms with Crippen molar-refractivity contribution < 1.29 is 19.1 Å². The number of nitrogens with two attached hydrogens (primary N) is 2. The van der Waals surface area contributed by atoms with Crippen LogP contribution >= 0.6 is 0 Å². The lowest BCUT2D eigenvalue weighted by Crippen LogP contribution is -2.46. The quantitative estimate of drug-likeness (QED) is 0.250. The third-order valence-corrected chi connectivity index (χ3v) is 3.94. The number of amides is 2. The molecule has 0 bridgehead atoms. The van der Waals surface area contributed by atoms with Gasteiger partial charge in [-0.25, -0.2) is 9.78 Å². The van der Waals surface area contributed by atoms with Gasteiger partial charge in [-0.05, 0) is 39.3 Å². The summed E-state index contributed by atoms with van der Waals surface area (Å²) in [6.07, 6.45) is 2.59. The smallest absolute Gasteiger partial charge is 0.328 e. The maximum absolute atomic E-state index is 12.6. The molecule has 0 saturated carbocycles. The van der Waals surface area contributed by atoms with Gasteiger partial charge in [0, 0.05) is 5.70 Å². The van der Waals surface area contributed by atoms with Gasteiger partial charge in [0.15, 0.2) is 0 Å². The van der Waals surface area contributed by atoms with Gasteiger partial charge >= 0.3 is 5.97 Å². The van der Waals surface area contributed by atoms with Crippen LogP contribution in [0.2, 0.25) is 0 Å². The fourth-order valence-corrected chi connectivity index (χ4v) is 2.62. The van der Waals surface area contributed by atoms with E-state index in [0.717, 1.165) is 0 Å². The summed E-state index contributed by atoms with van der Waals surface area (Å²) < 4.78 is 4.95.